The van der Waals surface area contributed by atoms with Crippen molar-refractivity contribution in [1.82, 2.24) is 0 Å². The van der Waals surface area contributed by atoms with Crippen LogP contribution in [0.5, 0.6) is 0 Å². The number of methoxy groups -OCH3 is 2. The standard InChI is InChI=1S/C13H21FO2/c1-10-8-12(15-2)13(16-3)9-11(10)6-4-5-7-14/h4-9H2,1-3H3. The summed E-state index contributed by atoms with van der Waals surface area (Å²) in [4.78, 5) is 0. The van der Waals surface area contributed by atoms with Gasteiger partial charge in [0.05, 0.1) is 20.9 Å². The minimum atomic E-state index is -0.220. The van der Waals surface area contributed by atoms with Crippen molar-refractivity contribution in [2.45, 2.75) is 39.0 Å². The first-order chi connectivity index (χ1) is 7.72. The normalized spacial score (nSPS) is 16.8. The molecule has 0 bridgehead atoms. The highest BCUT2D eigenvalue weighted by molar-refractivity contribution is 5.28. The van der Waals surface area contributed by atoms with Gasteiger partial charge in [0.15, 0.2) is 0 Å². The van der Waals surface area contributed by atoms with Gasteiger partial charge in [-0.3, -0.25) is 4.39 Å². The molecule has 16 heavy (non-hydrogen) atoms. The molecular weight excluding hydrogens is 207 g/mol. The Kier molecular flexibility index (Phi) is 5.36. The van der Waals surface area contributed by atoms with Gasteiger partial charge in [0, 0.05) is 12.8 Å². The number of hydrogen-bond acceptors (Lipinski definition) is 2. The van der Waals surface area contributed by atoms with E-state index in [1.54, 1.807) is 14.2 Å². The first-order valence-electron chi connectivity index (χ1n) is 5.76. The molecule has 1 aliphatic rings. The zero-order valence-corrected chi connectivity index (χ0v) is 10.4. The summed E-state index contributed by atoms with van der Waals surface area (Å²) in [6.45, 7) is 1.90. The van der Waals surface area contributed by atoms with Gasteiger partial charge in [0.2, 0.25) is 0 Å². The summed E-state index contributed by atoms with van der Waals surface area (Å²) in [5, 5.41) is 0. The summed E-state index contributed by atoms with van der Waals surface area (Å²) in [7, 11) is 3.35. The van der Waals surface area contributed by atoms with Crippen molar-refractivity contribution in [3.63, 3.8) is 0 Å². The van der Waals surface area contributed by atoms with Gasteiger partial charge in [-0.05, 0) is 26.2 Å². The van der Waals surface area contributed by atoms with Gasteiger partial charge in [-0.2, -0.15) is 0 Å². The highest BCUT2D eigenvalue weighted by atomic mass is 19.1. The van der Waals surface area contributed by atoms with Crippen LogP contribution in [0.1, 0.15) is 39.0 Å². The maximum atomic E-state index is 12.0. The van der Waals surface area contributed by atoms with Crippen molar-refractivity contribution in [2.24, 2.45) is 0 Å². The van der Waals surface area contributed by atoms with E-state index < -0.39 is 0 Å². The predicted molar refractivity (Wildman–Crippen MR) is 62.8 cm³/mol. The quantitative estimate of drug-likeness (QED) is 0.509. The van der Waals surface area contributed by atoms with E-state index in [-0.39, 0.29) is 6.67 Å². The summed E-state index contributed by atoms with van der Waals surface area (Å²) in [5.74, 6) is 1.84. The van der Waals surface area contributed by atoms with E-state index >= 15 is 0 Å². The molecule has 0 atom stereocenters. The van der Waals surface area contributed by atoms with Crippen LogP contribution in [0.4, 0.5) is 4.39 Å². The Labute approximate surface area is 97.1 Å². The SMILES string of the molecule is COC1=C(OC)CC(CCCCF)=C(C)C1. The van der Waals surface area contributed by atoms with Crippen molar-refractivity contribution in [3.05, 3.63) is 22.7 Å². The average Bonchev–Trinajstić information content (AvgIpc) is 2.31. The molecule has 1 rings (SSSR count). The second-order valence-electron chi connectivity index (χ2n) is 4.14. The maximum Gasteiger partial charge on any atom is 0.137 e. The zero-order valence-electron chi connectivity index (χ0n) is 10.4. The Morgan fingerprint density at radius 3 is 2.25 bits per heavy atom. The molecule has 0 heterocycles. The van der Waals surface area contributed by atoms with Crippen molar-refractivity contribution in [1.29, 1.82) is 0 Å². The lowest BCUT2D eigenvalue weighted by Crippen LogP contribution is -2.07. The molecule has 0 aliphatic heterocycles. The highest BCUT2D eigenvalue weighted by Gasteiger charge is 2.19. The van der Waals surface area contributed by atoms with E-state index in [4.69, 9.17) is 9.47 Å². The number of alkyl halides is 1. The van der Waals surface area contributed by atoms with Crippen molar-refractivity contribution < 1.29 is 13.9 Å². The summed E-state index contributed by atoms with van der Waals surface area (Å²) < 4.78 is 22.7. The van der Waals surface area contributed by atoms with Crippen LogP contribution in [0.15, 0.2) is 22.7 Å². The maximum absolute atomic E-state index is 12.0. The molecule has 0 aromatic rings. The van der Waals surface area contributed by atoms with Gasteiger partial charge in [-0.15, -0.1) is 0 Å². The molecule has 0 saturated carbocycles. The Morgan fingerprint density at radius 2 is 1.69 bits per heavy atom. The van der Waals surface area contributed by atoms with E-state index in [0.29, 0.717) is 6.42 Å². The van der Waals surface area contributed by atoms with Crippen molar-refractivity contribution >= 4 is 0 Å². The fourth-order valence-corrected chi connectivity index (χ4v) is 2.01. The van der Waals surface area contributed by atoms with E-state index in [9.17, 15) is 4.39 Å². The summed E-state index contributed by atoms with van der Waals surface area (Å²) in [6, 6.07) is 0. The molecule has 0 unspecified atom stereocenters. The fraction of sp³-hybridized carbons (Fsp3) is 0.692. The molecule has 0 radical (unpaired) electrons. The summed E-state index contributed by atoms with van der Waals surface area (Å²) in [6.07, 6.45) is 4.18. The molecule has 0 amide bonds. The molecule has 1 aliphatic carbocycles. The first kappa shape index (κ1) is 13.1. The van der Waals surface area contributed by atoms with Crippen LogP contribution in [0, 0.1) is 0 Å². The van der Waals surface area contributed by atoms with Gasteiger partial charge >= 0.3 is 0 Å². The minimum absolute atomic E-state index is 0.220. The molecular formula is C13H21FO2. The minimum Gasteiger partial charge on any atom is -0.497 e. The smallest absolute Gasteiger partial charge is 0.137 e. The van der Waals surface area contributed by atoms with Crippen LogP contribution in [0.3, 0.4) is 0 Å². The van der Waals surface area contributed by atoms with Crippen LogP contribution in [0.2, 0.25) is 0 Å². The number of halogens is 1. The Balaban J connectivity index is 2.60. The molecule has 0 aromatic heterocycles. The van der Waals surface area contributed by atoms with E-state index in [2.05, 4.69) is 6.92 Å². The Hall–Kier alpha value is -0.990. The Bertz CT molecular complexity index is 292. The van der Waals surface area contributed by atoms with E-state index in [1.165, 1.54) is 11.1 Å². The fourth-order valence-electron chi connectivity index (χ4n) is 2.01. The number of rotatable bonds is 6. The molecule has 0 fully saturated rings. The zero-order chi connectivity index (χ0) is 12.0. The molecule has 0 saturated heterocycles. The third-order valence-electron chi connectivity index (χ3n) is 3.07. The van der Waals surface area contributed by atoms with E-state index in [0.717, 1.165) is 37.2 Å². The van der Waals surface area contributed by atoms with Crippen LogP contribution < -0.4 is 0 Å². The van der Waals surface area contributed by atoms with E-state index in [1.807, 2.05) is 0 Å². The van der Waals surface area contributed by atoms with Crippen molar-refractivity contribution in [3.8, 4) is 0 Å². The Morgan fingerprint density at radius 1 is 1.06 bits per heavy atom. The molecule has 0 spiro atoms. The molecule has 92 valence electrons. The third-order valence-corrected chi connectivity index (χ3v) is 3.07. The second-order valence-corrected chi connectivity index (χ2v) is 4.14. The summed E-state index contributed by atoms with van der Waals surface area (Å²) >= 11 is 0. The van der Waals surface area contributed by atoms with Gasteiger partial charge < -0.3 is 9.47 Å². The number of allylic oxidation sites excluding steroid dienone is 2. The molecule has 0 aromatic carbocycles. The lowest BCUT2D eigenvalue weighted by Gasteiger charge is -2.22. The van der Waals surface area contributed by atoms with Gasteiger partial charge in [-0.1, -0.05) is 11.1 Å². The predicted octanol–water partition coefficient (Wildman–Crippen LogP) is 3.74. The molecule has 2 nitrogen and oxygen atoms in total. The topological polar surface area (TPSA) is 18.5 Å². The second kappa shape index (κ2) is 6.56. The third kappa shape index (κ3) is 3.26. The number of hydrogen-bond donors (Lipinski definition) is 0. The van der Waals surface area contributed by atoms with Crippen LogP contribution in [-0.2, 0) is 9.47 Å². The summed E-state index contributed by atoms with van der Waals surface area (Å²) in [5.41, 5.74) is 2.72. The van der Waals surface area contributed by atoms with Gasteiger partial charge in [-0.25, -0.2) is 0 Å². The highest BCUT2D eigenvalue weighted by Crippen LogP contribution is 2.32. The monoisotopic (exact) mass is 228 g/mol. The van der Waals surface area contributed by atoms with Crippen LogP contribution >= 0.6 is 0 Å². The average molecular weight is 228 g/mol. The lowest BCUT2D eigenvalue weighted by atomic mass is 9.92. The van der Waals surface area contributed by atoms with Crippen LogP contribution in [-0.4, -0.2) is 20.9 Å². The van der Waals surface area contributed by atoms with Crippen molar-refractivity contribution in [2.75, 3.05) is 20.9 Å². The largest absolute Gasteiger partial charge is 0.497 e. The number of ether oxygens (including phenoxy) is 2. The molecule has 3 heteroatoms. The first-order valence-corrected chi connectivity index (χ1v) is 5.76. The molecule has 0 N–H and O–H groups in total. The van der Waals surface area contributed by atoms with Crippen LogP contribution in [0.25, 0.3) is 0 Å². The van der Waals surface area contributed by atoms with Gasteiger partial charge in [0.1, 0.15) is 11.5 Å². The number of unbranched alkanes of at least 4 members (excludes halogenated alkanes) is 1. The van der Waals surface area contributed by atoms with Gasteiger partial charge in [0.25, 0.3) is 0 Å². The lowest BCUT2D eigenvalue weighted by molar-refractivity contribution is 0.206.